The molecule has 4 nitrogen and oxygen atoms in total. The van der Waals surface area contributed by atoms with Crippen LogP contribution in [0.25, 0.3) is 0 Å². The van der Waals surface area contributed by atoms with Gasteiger partial charge in [0.25, 0.3) is 0 Å². The van der Waals surface area contributed by atoms with Crippen LogP contribution in [0.4, 0.5) is 4.79 Å². The first-order valence-electron chi connectivity index (χ1n) is 9.81. The number of aliphatic hydroxyl groups excluding tert-OH is 1. The molecule has 0 aromatic rings. The fourth-order valence-electron chi connectivity index (χ4n) is 2.88. The SMILES string of the molecule is CCCCCCCCCCCCCCCCCC(O)OC(N)=O. The molecule has 138 valence electrons. The third-order valence-corrected chi connectivity index (χ3v) is 4.31. The van der Waals surface area contributed by atoms with Crippen molar-refractivity contribution in [2.75, 3.05) is 0 Å². The van der Waals surface area contributed by atoms with E-state index in [1.54, 1.807) is 0 Å². The number of unbranched alkanes of at least 4 members (excludes halogenated alkanes) is 14. The highest BCUT2D eigenvalue weighted by atomic mass is 16.6. The standard InChI is InChI=1S/C19H39NO3/c1-2-3-4-5-6-7-8-9-10-11-12-13-14-15-16-17-18(21)23-19(20)22/h18,21H,2-17H2,1H3,(H2,20,22). The van der Waals surface area contributed by atoms with E-state index in [0.717, 1.165) is 12.8 Å². The van der Waals surface area contributed by atoms with Crippen LogP contribution in [0, 0.1) is 0 Å². The highest BCUT2D eigenvalue weighted by Gasteiger charge is 2.06. The second-order valence-electron chi connectivity index (χ2n) is 6.63. The number of rotatable bonds is 17. The Morgan fingerprint density at radius 3 is 1.48 bits per heavy atom. The maximum absolute atomic E-state index is 10.4. The average molecular weight is 330 g/mol. The number of carbonyl (C=O) groups is 1. The molecule has 0 radical (unpaired) electrons. The third-order valence-electron chi connectivity index (χ3n) is 4.31. The van der Waals surface area contributed by atoms with Crippen molar-refractivity contribution >= 4 is 6.09 Å². The summed E-state index contributed by atoms with van der Waals surface area (Å²) in [5, 5.41) is 9.30. The van der Waals surface area contributed by atoms with E-state index in [9.17, 15) is 9.90 Å². The van der Waals surface area contributed by atoms with Gasteiger partial charge in [-0.15, -0.1) is 0 Å². The van der Waals surface area contributed by atoms with E-state index in [-0.39, 0.29) is 0 Å². The molecule has 0 aliphatic heterocycles. The molecule has 4 heteroatoms. The largest absolute Gasteiger partial charge is 0.420 e. The van der Waals surface area contributed by atoms with E-state index < -0.39 is 12.4 Å². The van der Waals surface area contributed by atoms with Crippen molar-refractivity contribution in [1.29, 1.82) is 0 Å². The van der Waals surface area contributed by atoms with Gasteiger partial charge in [-0.1, -0.05) is 96.8 Å². The molecule has 0 rings (SSSR count). The second kappa shape index (κ2) is 17.6. The Labute approximate surface area is 143 Å². The van der Waals surface area contributed by atoms with Crippen LogP contribution in [-0.4, -0.2) is 17.5 Å². The Balaban J connectivity index is 3.06. The number of hydrogen-bond acceptors (Lipinski definition) is 3. The van der Waals surface area contributed by atoms with E-state index >= 15 is 0 Å². The summed E-state index contributed by atoms with van der Waals surface area (Å²) in [7, 11) is 0. The summed E-state index contributed by atoms with van der Waals surface area (Å²) in [6.45, 7) is 2.27. The molecule has 0 fully saturated rings. The minimum absolute atomic E-state index is 0.487. The topological polar surface area (TPSA) is 72.6 Å². The highest BCUT2D eigenvalue weighted by molar-refractivity contribution is 5.64. The summed E-state index contributed by atoms with van der Waals surface area (Å²) in [4.78, 5) is 10.4. The average Bonchev–Trinajstić information content (AvgIpc) is 2.50. The fraction of sp³-hybridized carbons (Fsp3) is 0.947. The first-order chi connectivity index (χ1) is 11.2. The number of carbonyl (C=O) groups excluding carboxylic acids is 1. The van der Waals surface area contributed by atoms with Crippen molar-refractivity contribution in [3.63, 3.8) is 0 Å². The van der Waals surface area contributed by atoms with Gasteiger partial charge in [0, 0.05) is 6.42 Å². The Kier molecular flexibility index (Phi) is 17.0. The van der Waals surface area contributed by atoms with Crippen LogP contribution in [0.15, 0.2) is 0 Å². The number of hydrogen-bond donors (Lipinski definition) is 2. The molecule has 0 aromatic carbocycles. The molecule has 0 saturated carbocycles. The van der Waals surface area contributed by atoms with Gasteiger partial charge < -0.3 is 15.6 Å². The van der Waals surface area contributed by atoms with Crippen molar-refractivity contribution < 1.29 is 14.6 Å². The van der Waals surface area contributed by atoms with Crippen molar-refractivity contribution in [3.05, 3.63) is 0 Å². The van der Waals surface area contributed by atoms with Crippen molar-refractivity contribution in [2.45, 2.75) is 116 Å². The van der Waals surface area contributed by atoms with E-state index in [1.165, 1.54) is 83.5 Å². The van der Waals surface area contributed by atoms with E-state index in [4.69, 9.17) is 5.73 Å². The Morgan fingerprint density at radius 1 is 0.783 bits per heavy atom. The smallest absolute Gasteiger partial charge is 0.406 e. The van der Waals surface area contributed by atoms with Crippen LogP contribution in [0.2, 0.25) is 0 Å². The van der Waals surface area contributed by atoms with Gasteiger partial charge in [0.1, 0.15) is 0 Å². The van der Waals surface area contributed by atoms with Crippen molar-refractivity contribution in [1.82, 2.24) is 0 Å². The van der Waals surface area contributed by atoms with Crippen LogP contribution in [0.1, 0.15) is 110 Å². The summed E-state index contributed by atoms with van der Waals surface area (Å²) in [5.41, 5.74) is 4.83. The maximum atomic E-state index is 10.4. The molecule has 0 aromatic heterocycles. The molecule has 1 atom stereocenters. The molecule has 0 aliphatic rings. The Morgan fingerprint density at radius 2 is 1.13 bits per heavy atom. The predicted octanol–water partition coefficient (Wildman–Crippen LogP) is 5.66. The second-order valence-corrected chi connectivity index (χ2v) is 6.63. The third kappa shape index (κ3) is 19.2. The molecular weight excluding hydrogens is 290 g/mol. The lowest BCUT2D eigenvalue weighted by Gasteiger charge is -2.09. The number of ether oxygens (including phenoxy) is 1. The van der Waals surface area contributed by atoms with Gasteiger partial charge in [-0.2, -0.15) is 0 Å². The lowest BCUT2D eigenvalue weighted by atomic mass is 10.0. The van der Waals surface area contributed by atoms with Gasteiger partial charge in [0.05, 0.1) is 0 Å². The van der Waals surface area contributed by atoms with E-state index in [1.807, 2.05) is 0 Å². The highest BCUT2D eigenvalue weighted by Crippen LogP contribution is 2.14. The zero-order chi connectivity index (χ0) is 17.2. The number of primary amides is 1. The van der Waals surface area contributed by atoms with Gasteiger partial charge in [0.15, 0.2) is 0 Å². The monoisotopic (exact) mass is 329 g/mol. The van der Waals surface area contributed by atoms with Gasteiger partial charge in [-0.25, -0.2) is 4.79 Å². The number of aliphatic hydroxyl groups is 1. The zero-order valence-corrected chi connectivity index (χ0v) is 15.2. The van der Waals surface area contributed by atoms with Gasteiger partial charge in [0.2, 0.25) is 6.29 Å². The normalized spacial score (nSPS) is 12.3. The number of nitrogens with two attached hydrogens (primary N) is 1. The minimum atomic E-state index is -1.03. The fourth-order valence-corrected chi connectivity index (χ4v) is 2.88. The molecule has 0 heterocycles. The first-order valence-corrected chi connectivity index (χ1v) is 9.81. The molecule has 0 aliphatic carbocycles. The van der Waals surface area contributed by atoms with Crippen LogP contribution in [0.5, 0.6) is 0 Å². The molecule has 1 amide bonds. The molecule has 0 bridgehead atoms. The Bertz CT molecular complexity index is 259. The van der Waals surface area contributed by atoms with Crippen molar-refractivity contribution in [3.8, 4) is 0 Å². The molecule has 0 spiro atoms. The quantitative estimate of drug-likeness (QED) is 0.267. The molecule has 0 saturated heterocycles. The molecule has 1 unspecified atom stereocenters. The van der Waals surface area contributed by atoms with Crippen LogP contribution in [-0.2, 0) is 4.74 Å². The summed E-state index contributed by atoms with van der Waals surface area (Å²) >= 11 is 0. The van der Waals surface area contributed by atoms with E-state index in [2.05, 4.69) is 11.7 Å². The lowest BCUT2D eigenvalue weighted by molar-refractivity contribution is -0.0543. The van der Waals surface area contributed by atoms with Gasteiger partial charge >= 0.3 is 6.09 Å². The molecule has 23 heavy (non-hydrogen) atoms. The summed E-state index contributed by atoms with van der Waals surface area (Å²) in [6, 6.07) is 0. The molecule has 3 N–H and O–H groups in total. The summed E-state index contributed by atoms with van der Waals surface area (Å²) in [6.07, 6.45) is 18.2. The summed E-state index contributed by atoms with van der Waals surface area (Å²) < 4.78 is 4.46. The predicted molar refractivity (Wildman–Crippen MR) is 96.2 cm³/mol. The maximum Gasteiger partial charge on any atom is 0.406 e. The van der Waals surface area contributed by atoms with Crippen LogP contribution in [0.3, 0.4) is 0 Å². The van der Waals surface area contributed by atoms with Crippen LogP contribution >= 0.6 is 0 Å². The first kappa shape index (κ1) is 22.2. The Hall–Kier alpha value is -0.770. The van der Waals surface area contributed by atoms with Crippen LogP contribution < -0.4 is 5.73 Å². The zero-order valence-electron chi connectivity index (χ0n) is 15.2. The van der Waals surface area contributed by atoms with E-state index in [0.29, 0.717) is 6.42 Å². The minimum Gasteiger partial charge on any atom is -0.420 e. The lowest BCUT2D eigenvalue weighted by Crippen LogP contribution is -2.22. The van der Waals surface area contributed by atoms with Gasteiger partial charge in [-0.3, -0.25) is 0 Å². The molecular formula is C19H39NO3. The summed E-state index contributed by atoms with van der Waals surface area (Å²) in [5.74, 6) is 0. The van der Waals surface area contributed by atoms with Gasteiger partial charge in [-0.05, 0) is 6.42 Å². The van der Waals surface area contributed by atoms with Crippen molar-refractivity contribution in [2.24, 2.45) is 5.73 Å². The number of amides is 1.